The molecule has 2 rings (SSSR count). The van der Waals surface area contributed by atoms with Crippen molar-refractivity contribution in [2.75, 3.05) is 7.11 Å². The third-order valence-corrected chi connectivity index (χ3v) is 4.22. The van der Waals surface area contributed by atoms with E-state index in [0.29, 0.717) is 16.8 Å². The van der Waals surface area contributed by atoms with E-state index < -0.39 is 16.0 Å². The standard InChI is InChI=1S/C15H16N2O4S/c1-21-15(18)13-7-8-14(16-9-13)10-17-22(19,20)11-12-5-3-2-4-6-12/h2-9,17H,10-11H2,1H3. The molecule has 22 heavy (non-hydrogen) atoms. The minimum atomic E-state index is -3.45. The first-order chi connectivity index (χ1) is 10.5. The highest BCUT2D eigenvalue weighted by Gasteiger charge is 2.12. The second-order valence-electron chi connectivity index (χ2n) is 4.60. The van der Waals surface area contributed by atoms with Crippen LogP contribution in [-0.2, 0) is 27.1 Å². The first kappa shape index (κ1) is 16.1. The lowest BCUT2D eigenvalue weighted by Crippen LogP contribution is -2.25. The van der Waals surface area contributed by atoms with Gasteiger partial charge in [-0.1, -0.05) is 30.3 Å². The van der Waals surface area contributed by atoms with Crippen LogP contribution in [0.3, 0.4) is 0 Å². The number of hydrogen-bond acceptors (Lipinski definition) is 5. The highest BCUT2D eigenvalue weighted by Crippen LogP contribution is 2.06. The lowest BCUT2D eigenvalue weighted by Gasteiger charge is -2.07. The Morgan fingerprint density at radius 1 is 1.18 bits per heavy atom. The van der Waals surface area contributed by atoms with Crippen LogP contribution in [0.1, 0.15) is 21.6 Å². The summed E-state index contributed by atoms with van der Waals surface area (Å²) in [4.78, 5) is 15.3. The van der Waals surface area contributed by atoms with Gasteiger partial charge in [-0.05, 0) is 17.7 Å². The van der Waals surface area contributed by atoms with E-state index in [1.54, 1.807) is 36.4 Å². The maximum Gasteiger partial charge on any atom is 0.339 e. The SMILES string of the molecule is COC(=O)c1ccc(CNS(=O)(=O)Cc2ccccc2)nc1. The number of carbonyl (C=O) groups excluding carboxylic acids is 1. The predicted octanol–water partition coefficient (Wildman–Crippen LogP) is 1.49. The van der Waals surface area contributed by atoms with Crippen molar-refractivity contribution in [1.82, 2.24) is 9.71 Å². The Morgan fingerprint density at radius 3 is 2.50 bits per heavy atom. The van der Waals surface area contributed by atoms with Crippen LogP contribution in [0.4, 0.5) is 0 Å². The maximum atomic E-state index is 12.0. The Morgan fingerprint density at radius 2 is 1.91 bits per heavy atom. The molecular formula is C15H16N2O4S. The summed E-state index contributed by atoms with van der Waals surface area (Å²) in [7, 11) is -2.16. The van der Waals surface area contributed by atoms with Crippen LogP contribution in [0.25, 0.3) is 0 Å². The first-order valence-electron chi connectivity index (χ1n) is 6.55. The van der Waals surface area contributed by atoms with E-state index in [-0.39, 0.29) is 12.3 Å². The Bertz CT molecular complexity index is 728. The molecule has 116 valence electrons. The highest BCUT2D eigenvalue weighted by atomic mass is 32.2. The molecule has 0 atom stereocenters. The number of pyridine rings is 1. The molecule has 1 aromatic heterocycles. The molecular weight excluding hydrogens is 304 g/mol. The Balaban J connectivity index is 1.95. The number of nitrogens with one attached hydrogen (secondary N) is 1. The van der Waals surface area contributed by atoms with Crippen LogP contribution in [0.5, 0.6) is 0 Å². The summed E-state index contributed by atoms with van der Waals surface area (Å²) in [5.74, 6) is -0.572. The Labute approximate surface area is 129 Å². The van der Waals surface area contributed by atoms with Crippen molar-refractivity contribution >= 4 is 16.0 Å². The number of sulfonamides is 1. The van der Waals surface area contributed by atoms with Crippen molar-refractivity contribution in [3.63, 3.8) is 0 Å². The average Bonchev–Trinajstić information content (AvgIpc) is 2.53. The van der Waals surface area contributed by atoms with Gasteiger partial charge in [-0.25, -0.2) is 17.9 Å². The number of rotatable bonds is 6. The number of carbonyl (C=O) groups is 1. The van der Waals surface area contributed by atoms with Gasteiger partial charge in [0.05, 0.1) is 30.7 Å². The summed E-state index contributed by atoms with van der Waals surface area (Å²) in [6, 6.07) is 12.0. The molecule has 1 heterocycles. The molecule has 1 N–H and O–H groups in total. The van der Waals surface area contributed by atoms with E-state index in [9.17, 15) is 13.2 Å². The molecule has 0 saturated carbocycles. The summed E-state index contributed by atoms with van der Waals surface area (Å²) in [5.41, 5.74) is 1.55. The van der Waals surface area contributed by atoms with Gasteiger partial charge < -0.3 is 4.74 Å². The number of ether oxygens (including phenoxy) is 1. The summed E-state index contributed by atoms with van der Waals surface area (Å²) in [6.45, 7) is 0.0661. The summed E-state index contributed by atoms with van der Waals surface area (Å²) in [6.07, 6.45) is 1.35. The van der Waals surface area contributed by atoms with Crippen molar-refractivity contribution in [2.24, 2.45) is 0 Å². The number of esters is 1. The topological polar surface area (TPSA) is 85.4 Å². The lowest BCUT2D eigenvalue weighted by atomic mass is 10.2. The molecule has 0 bridgehead atoms. The van der Waals surface area contributed by atoms with E-state index in [4.69, 9.17) is 0 Å². The fourth-order valence-corrected chi connectivity index (χ4v) is 2.90. The van der Waals surface area contributed by atoms with E-state index >= 15 is 0 Å². The van der Waals surface area contributed by atoms with Crippen molar-refractivity contribution < 1.29 is 17.9 Å². The van der Waals surface area contributed by atoms with E-state index in [1.807, 2.05) is 6.07 Å². The van der Waals surface area contributed by atoms with Gasteiger partial charge in [0, 0.05) is 6.20 Å². The van der Waals surface area contributed by atoms with Crippen LogP contribution in [0.15, 0.2) is 48.7 Å². The zero-order chi connectivity index (χ0) is 16.0. The van der Waals surface area contributed by atoms with Crippen LogP contribution in [0.2, 0.25) is 0 Å². The third-order valence-electron chi connectivity index (χ3n) is 2.92. The minimum absolute atomic E-state index is 0.0661. The van der Waals surface area contributed by atoms with Gasteiger partial charge in [-0.2, -0.15) is 0 Å². The normalized spacial score (nSPS) is 11.1. The van der Waals surface area contributed by atoms with Gasteiger partial charge in [0.1, 0.15) is 0 Å². The monoisotopic (exact) mass is 320 g/mol. The Kier molecular flexibility index (Phi) is 5.24. The van der Waals surface area contributed by atoms with Gasteiger partial charge in [-0.3, -0.25) is 4.98 Å². The number of benzene rings is 1. The fourth-order valence-electron chi connectivity index (χ4n) is 1.80. The summed E-state index contributed by atoms with van der Waals surface area (Å²) in [5, 5.41) is 0. The number of hydrogen-bond donors (Lipinski definition) is 1. The molecule has 0 aliphatic rings. The molecule has 0 spiro atoms. The van der Waals surface area contributed by atoms with Crippen LogP contribution >= 0.6 is 0 Å². The average molecular weight is 320 g/mol. The van der Waals surface area contributed by atoms with Gasteiger partial charge in [0.25, 0.3) is 0 Å². The van der Waals surface area contributed by atoms with Crippen molar-refractivity contribution in [3.05, 3.63) is 65.5 Å². The Hall–Kier alpha value is -2.25. The third kappa shape index (κ3) is 4.64. The summed E-state index contributed by atoms with van der Waals surface area (Å²) >= 11 is 0. The molecule has 7 heteroatoms. The molecule has 0 saturated heterocycles. The summed E-state index contributed by atoms with van der Waals surface area (Å²) < 4.78 is 31.0. The fraction of sp³-hybridized carbons (Fsp3) is 0.200. The molecule has 0 amide bonds. The van der Waals surface area contributed by atoms with Gasteiger partial charge in [-0.15, -0.1) is 0 Å². The molecule has 0 aliphatic heterocycles. The van der Waals surface area contributed by atoms with E-state index in [2.05, 4.69) is 14.4 Å². The zero-order valence-corrected chi connectivity index (χ0v) is 12.8. The van der Waals surface area contributed by atoms with Crippen LogP contribution in [0, 0.1) is 0 Å². The van der Waals surface area contributed by atoms with Crippen molar-refractivity contribution in [2.45, 2.75) is 12.3 Å². The quantitative estimate of drug-likeness (QED) is 0.815. The second kappa shape index (κ2) is 7.15. The number of methoxy groups -OCH3 is 1. The maximum absolute atomic E-state index is 12.0. The zero-order valence-electron chi connectivity index (χ0n) is 12.0. The van der Waals surface area contributed by atoms with Crippen molar-refractivity contribution in [1.29, 1.82) is 0 Å². The molecule has 6 nitrogen and oxygen atoms in total. The minimum Gasteiger partial charge on any atom is -0.465 e. The van der Waals surface area contributed by atoms with Crippen LogP contribution in [-0.4, -0.2) is 26.5 Å². The van der Waals surface area contributed by atoms with Crippen molar-refractivity contribution in [3.8, 4) is 0 Å². The second-order valence-corrected chi connectivity index (χ2v) is 6.40. The lowest BCUT2D eigenvalue weighted by molar-refractivity contribution is 0.0600. The molecule has 0 aliphatic carbocycles. The molecule has 2 aromatic rings. The van der Waals surface area contributed by atoms with E-state index in [0.717, 1.165) is 0 Å². The molecule has 0 radical (unpaired) electrons. The van der Waals surface area contributed by atoms with Crippen LogP contribution < -0.4 is 4.72 Å². The van der Waals surface area contributed by atoms with E-state index in [1.165, 1.54) is 13.3 Å². The van der Waals surface area contributed by atoms with Gasteiger partial charge >= 0.3 is 5.97 Å². The molecule has 0 fully saturated rings. The van der Waals surface area contributed by atoms with Gasteiger partial charge in [0.15, 0.2) is 0 Å². The first-order valence-corrected chi connectivity index (χ1v) is 8.20. The predicted molar refractivity (Wildman–Crippen MR) is 81.5 cm³/mol. The van der Waals surface area contributed by atoms with Gasteiger partial charge in [0.2, 0.25) is 10.0 Å². The molecule has 0 unspecified atom stereocenters. The number of nitrogens with zero attached hydrogens (tertiary/aromatic N) is 1. The molecule has 1 aromatic carbocycles. The highest BCUT2D eigenvalue weighted by molar-refractivity contribution is 7.88. The largest absolute Gasteiger partial charge is 0.465 e. The number of aromatic nitrogens is 1. The smallest absolute Gasteiger partial charge is 0.339 e.